The lowest BCUT2D eigenvalue weighted by Crippen LogP contribution is -2.38. The molecule has 2 unspecified atom stereocenters. The van der Waals surface area contributed by atoms with Crippen molar-refractivity contribution in [1.29, 1.82) is 0 Å². The molecule has 0 aromatic carbocycles. The summed E-state index contributed by atoms with van der Waals surface area (Å²) in [5.41, 5.74) is 9.23. The van der Waals surface area contributed by atoms with E-state index in [1.165, 1.54) is 38.8 Å². The molecule has 20 heavy (non-hydrogen) atoms. The van der Waals surface area contributed by atoms with Crippen LogP contribution in [0.3, 0.4) is 0 Å². The van der Waals surface area contributed by atoms with Crippen molar-refractivity contribution in [3.05, 3.63) is 5.69 Å². The summed E-state index contributed by atoms with van der Waals surface area (Å²) in [6.07, 6.45) is 5.12. The minimum Gasteiger partial charge on any atom is -0.369 e. The van der Waals surface area contributed by atoms with Crippen LogP contribution in [0.25, 0.3) is 11.2 Å². The number of anilines is 1. The third-order valence-corrected chi connectivity index (χ3v) is 5.01. The molecule has 6 nitrogen and oxygen atoms in total. The first kappa shape index (κ1) is 12.2. The molecular weight excluding hydrogens is 252 g/mol. The number of nitrogens with zero attached hydrogens (tertiary/aromatic N) is 5. The predicted octanol–water partition coefficient (Wildman–Crippen LogP) is 1.46. The number of imidazole rings is 1. The Morgan fingerprint density at radius 2 is 2.00 bits per heavy atom. The monoisotopic (exact) mass is 274 g/mol. The van der Waals surface area contributed by atoms with E-state index < -0.39 is 0 Å². The van der Waals surface area contributed by atoms with Gasteiger partial charge in [0.05, 0.1) is 11.7 Å². The number of aryl methyl sites for hydroxylation is 2. The summed E-state index contributed by atoms with van der Waals surface area (Å²) in [5, 5.41) is 4.49. The SMILES string of the molecule is Cc1nn(C)c2c1nc(N)n2C1CCN2CCCCC12. The Morgan fingerprint density at radius 1 is 1.15 bits per heavy atom. The molecule has 2 aliphatic heterocycles. The van der Waals surface area contributed by atoms with Gasteiger partial charge in [-0.1, -0.05) is 6.42 Å². The highest BCUT2D eigenvalue weighted by atomic mass is 15.4. The second-order valence-electron chi connectivity index (χ2n) is 6.18. The van der Waals surface area contributed by atoms with Crippen molar-refractivity contribution in [2.24, 2.45) is 7.05 Å². The summed E-state index contributed by atoms with van der Waals surface area (Å²) >= 11 is 0. The Hall–Kier alpha value is -1.56. The molecule has 2 aromatic heterocycles. The van der Waals surface area contributed by atoms with Crippen LogP contribution in [-0.2, 0) is 7.05 Å². The zero-order valence-corrected chi connectivity index (χ0v) is 12.2. The van der Waals surface area contributed by atoms with E-state index in [1.807, 2.05) is 18.7 Å². The van der Waals surface area contributed by atoms with Gasteiger partial charge in [-0.25, -0.2) is 4.98 Å². The van der Waals surface area contributed by atoms with Gasteiger partial charge in [0.1, 0.15) is 5.52 Å². The Bertz CT molecular complexity index is 654. The summed E-state index contributed by atoms with van der Waals surface area (Å²) in [6, 6.07) is 1.08. The highest BCUT2D eigenvalue weighted by Crippen LogP contribution is 2.38. The molecule has 0 radical (unpaired) electrons. The molecule has 6 heteroatoms. The smallest absolute Gasteiger partial charge is 0.202 e. The summed E-state index contributed by atoms with van der Waals surface area (Å²) in [7, 11) is 1.99. The van der Waals surface area contributed by atoms with Crippen molar-refractivity contribution in [3.63, 3.8) is 0 Å². The number of aromatic nitrogens is 4. The van der Waals surface area contributed by atoms with Crippen molar-refractivity contribution in [2.75, 3.05) is 18.8 Å². The molecule has 2 saturated heterocycles. The topological polar surface area (TPSA) is 64.9 Å². The molecular formula is C14H22N6. The van der Waals surface area contributed by atoms with E-state index in [2.05, 4.69) is 19.5 Å². The number of hydrogen-bond donors (Lipinski definition) is 1. The van der Waals surface area contributed by atoms with Crippen molar-refractivity contribution in [2.45, 2.75) is 44.7 Å². The minimum absolute atomic E-state index is 0.454. The molecule has 0 saturated carbocycles. The number of rotatable bonds is 1. The average molecular weight is 274 g/mol. The van der Waals surface area contributed by atoms with Crippen LogP contribution in [0.2, 0.25) is 0 Å². The van der Waals surface area contributed by atoms with Crippen LogP contribution in [0, 0.1) is 6.92 Å². The first-order chi connectivity index (χ1) is 9.66. The zero-order valence-electron chi connectivity index (χ0n) is 12.2. The molecule has 0 bridgehead atoms. The Kier molecular flexibility index (Phi) is 2.57. The summed E-state index contributed by atoms with van der Waals surface area (Å²) in [5.74, 6) is 0.647. The van der Waals surface area contributed by atoms with Gasteiger partial charge in [-0.05, 0) is 32.7 Å². The third-order valence-electron chi connectivity index (χ3n) is 5.01. The summed E-state index contributed by atoms with van der Waals surface area (Å²) < 4.78 is 4.17. The van der Waals surface area contributed by atoms with Gasteiger partial charge in [-0.3, -0.25) is 14.1 Å². The lowest BCUT2D eigenvalue weighted by Gasteiger charge is -2.33. The number of hydrogen-bond acceptors (Lipinski definition) is 4. The Morgan fingerprint density at radius 3 is 2.85 bits per heavy atom. The van der Waals surface area contributed by atoms with E-state index in [4.69, 9.17) is 5.73 Å². The maximum atomic E-state index is 6.23. The van der Waals surface area contributed by atoms with E-state index in [-0.39, 0.29) is 0 Å². The van der Waals surface area contributed by atoms with E-state index in [0.29, 0.717) is 18.0 Å². The van der Waals surface area contributed by atoms with Crippen LogP contribution in [0.5, 0.6) is 0 Å². The van der Waals surface area contributed by atoms with Crippen LogP contribution in [0.15, 0.2) is 0 Å². The maximum absolute atomic E-state index is 6.23. The van der Waals surface area contributed by atoms with Crippen molar-refractivity contribution < 1.29 is 0 Å². The quantitative estimate of drug-likeness (QED) is 0.855. The van der Waals surface area contributed by atoms with E-state index >= 15 is 0 Å². The second kappa shape index (κ2) is 4.22. The van der Waals surface area contributed by atoms with Gasteiger partial charge in [-0.2, -0.15) is 5.10 Å². The van der Waals surface area contributed by atoms with Gasteiger partial charge in [0.15, 0.2) is 5.65 Å². The molecule has 0 aliphatic carbocycles. The van der Waals surface area contributed by atoms with Crippen LogP contribution in [-0.4, -0.2) is 43.4 Å². The molecule has 2 aromatic rings. The molecule has 2 N–H and O–H groups in total. The van der Waals surface area contributed by atoms with Crippen molar-refractivity contribution >= 4 is 17.1 Å². The standard InChI is InChI=1S/C14H22N6/c1-9-12-13(18(2)17-9)20(14(15)16-12)11-6-8-19-7-4-3-5-10(11)19/h10-11H,3-8H2,1-2H3,(H2,15,16). The van der Waals surface area contributed by atoms with E-state index in [9.17, 15) is 0 Å². The van der Waals surface area contributed by atoms with Crippen molar-refractivity contribution in [3.8, 4) is 0 Å². The lowest BCUT2D eigenvalue weighted by molar-refractivity contribution is 0.175. The van der Waals surface area contributed by atoms with Crippen molar-refractivity contribution in [1.82, 2.24) is 24.2 Å². The van der Waals surface area contributed by atoms with E-state index in [0.717, 1.165) is 16.9 Å². The summed E-state index contributed by atoms with van der Waals surface area (Å²) in [6.45, 7) is 4.43. The maximum Gasteiger partial charge on any atom is 0.202 e. The number of fused-ring (bicyclic) bond motifs is 2. The summed E-state index contributed by atoms with van der Waals surface area (Å²) in [4.78, 5) is 7.18. The third kappa shape index (κ3) is 1.54. The molecule has 2 atom stereocenters. The first-order valence-electron chi connectivity index (χ1n) is 7.58. The number of piperidine rings is 1. The largest absolute Gasteiger partial charge is 0.369 e. The minimum atomic E-state index is 0.454. The fourth-order valence-electron chi connectivity index (χ4n) is 4.16. The van der Waals surface area contributed by atoms with Gasteiger partial charge >= 0.3 is 0 Å². The van der Waals surface area contributed by atoms with Crippen LogP contribution >= 0.6 is 0 Å². The van der Waals surface area contributed by atoms with Gasteiger partial charge in [0.25, 0.3) is 0 Å². The Balaban J connectivity index is 1.84. The highest BCUT2D eigenvalue weighted by molar-refractivity contribution is 5.77. The first-order valence-corrected chi connectivity index (χ1v) is 7.58. The number of nitrogens with two attached hydrogens (primary N) is 1. The fourth-order valence-corrected chi connectivity index (χ4v) is 4.16. The molecule has 0 spiro atoms. The average Bonchev–Trinajstić information content (AvgIpc) is 3.06. The molecule has 2 fully saturated rings. The second-order valence-corrected chi connectivity index (χ2v) is 6.18. The van der Waals surface area contributed by atoms with Gasteiger partial charge in [-0.15, -0.1) is 0 Å². The van der Waals surface area contributed by atoms with E-state index in [1.54, 1.807) is 0 Å². The zero-order chi connectivity index (χ0) is 13.9. The molecule has 4 rings (SSSR count). The van der Waals surface area contributed by atoms with Gasteiger partial charge in [0, 0.05) is 19.6 Å². The normalized spacial score (nSPS) is 27.3. The Labute approximate surface area is 118 Å². The van der Waals surface area contributed by atoms with Gasteiger partial charge < -0.3 is 5.73 Å². The molecule has 108 valence electrons. The molecule has 4 heterocycles. The molecule has 0 amide bonds. The number of nitrogen functional groups attached to an aromatic ring is 1. The van der Waals surface area contributed by atoms with Crippen LogP contribution in [0.4, 0.5) is 5.95 Å². The van der Waals surface area contributed by atoms with Crippen LogP contribution in [0.1, 0.15) is 37.4 Å². The lowest BCUT2D eigenvalue weighted by atomic mass is 9.99. The van der Waals surface area contributed by atoms with Gasteiger partial charge in [0.2, 0.25) is 5.95 Å². The highest BCUT2D eigenvalue weighted by Gasteiger charge is 2.38. The molecule has 2 aliphatic rings. The predicted molar refractivity (Wildman–Crippen MR) is 78.5 cm³/mol. The fraction of sp³-hybridized carbons (Fsp3) is 0.714. The van der Waals surface area contributed by atoms with Crippen LogP contribution < -0.4 is 5.73 Å².